The quantitative estimate of drug-likeness (QED) is 0.798. The first-order valence-electron chi connectivity index (χ1n) is 8.01. The Balaban J connectivity index is 2.10. The lowest BCUT2D eigenvalue weighted by molar-refractivity contribution is -0.137. The lowest BCUT2D eigenvalue weighted by Crippen LogP contribution is -2.24. The summed E-state index contributed by atoms with van der Waals surface area (Å²) in [6.45, 7) is 2.93. The molecule has 1 atom stereocenters. The number of carboxylic acids is 1. The average Bonchev–Trinajstić information content (AvgIpc) is 3.15. The molecule has 144 valence electrons. The van der Waals surface area contributed by atoms with Gasteiger partial charge < -0.3 is 19.1 Å². The van der Waals surface area contributed by atoms with Crippen molar-refractivity contribution in [1.82, 2.24) is 4.57 Å². The summed E-state index contributed by atoms with van der Waals surface area (Å²) in [6.07, 6.45) is -5.39. The van der Waals surface area contributed by atoms with Gasteiger partial charge in [0, 0.05) is 17.0 Å². The fraction of sp³-hybridized carbons (Fsp3) is 0.333. The second-order valence-corrected chi connectivity index (χ2v) is 6.21. The van der Waals surface area contributed by atoms with Gasteiger partial charge in [0.1, 0.15) is 0 Å². The van der Waals surface area contributed by atoms with Gasteiger partial charge in [-0.3, -0.25) is 9.59 Å². The SMILES string of the molecule is Cc1cc(C(=O)C(F)(F)F)c(C)n1C(CC(=O)O)c1ccc2c(c1)OCO2. The first-order chi connectivity index (χ1) is 12.6. The van der Waals surface area contributed by atoms with E-state index in [-0.39, 0.29) is 18.9 Å². The van der Waals surface area contributed by atoms with Crippen LogP contribution in [0.2, 0.25) is 0 Å². The molecule has 0 fully saturated rings. The number of nitrogens with zero attached hydrogens (tertiary/aromatic N) is 1. The fourth-order valence-corrected chi connectivity index (χ4v) is 3.28. The average molecular weight is 383 g/mol. The molecule has 1 aromatic carbocycles. The zero-order valence-corrected chi connectivity index (χ0v) is 14.5. The van der Waals surface area contributed by atoms with Crippen LogP contribution in [-0.2, 0) is 4.79 Å². The maximum absolute atomic E-state index is 12.9. The molecule has 6 nitrogen and oxygen atoms in total. The standard InChI is InChI=1S/C18H16F3NO5/c1-9-5-12(17(25)18(19,20)21)10(2)22(9)13(7-16(23)24)11-3-4-14-15(6-11)27-8-26-14/h3-6,13H,7-8H2,1-2H3,(H,23,24). The number of carbonyl (C=O) groups is 2. The number of aromatic nitrogens is 1. The Labute approximate surface area is 152 Å². The number of aryl methyl sites for hydroxylation is 1. The third-order valence-electron chi connectivity index (χ3n) is 4.45. The molecule has 27 heavy (non-hydrogen) atoms. The predicted molar refractivity (Wildman–Crippen MR) is 87.2 cm³/mol. The number of hydrogen-bond acceptors (Lipinski definition) is 4. The van der Waals surface area contributed by atoms with Crippen LogP contribution >= 0.6 is 0 Å². The maximum Gasteiger partial charge on any atom is 0.454 e. The van der Waals surface area contributed by atoms with Gasteiger partial charge in [-0.15, -0.1) is 0 Å². The van der Waals surface area contributed by atoms with Crippen LogP contribution in [0.5, 0.6) is 11.5 Å². The van der Waals surface area contributed by atoms with E-state index >= 15 is 0 Å². The molecule has 0 amide bonds. The summed E-state index contributed by atoms with van der Waals surface area (Å²) in [6, 6.07) is 5.16. The zero-order chi connectivity index (χ0) is 19.9. The number of rotatable bonds is 5. The van der Waals surface area contributed by atoms with Crippen LogP contribution in [-0.4, -0.2) is 34.4 Å². The maximum atomic E-state index is 12.9. The molecule has 1 N–H and O–H groups in total. The van der Waals surface area contributed by atoms with Gasteiger partial charge in [0.2, 0.25) is 6.79 Å². The number of halogens is 3. The van der Waals surface area contributed by atoms with Crippen molar-refractivity contribution in [2.24, 2.45) is 0 Å². The minimum atomic E-state index is -5.01. The Hall–Kier alpha value is -2.97. The molecule has 0 spiro atoms. The van der Waals surface area contributed by atoms with E-state index in [0.717, 1.165) is 6.07 Å². The zero-order valence-electron chi connectivity index (χ0n) is 14.5. The van der Waals surface area contributed by atoms with Crippen LogP contribution in [0, 0.1) is 13.8 Å². The second kappa shape index (κ2) is 6.64. The number of benzene rings is 1. The molecule has 1 aliphatic heterocycles. The number of carboxylic acid groups (broad SMARTS) is 1. The molecule has 9 heteroatoms. The van der Waals surface area contributed by atoms with E-state index in [4.69, 9.17) is 9.47 Å². The molecule has 2 heterocycles. The van der Waals surface area contributed by atoms with Gasteiger partial charge in [-0.25, -0.2) is 0 Å². The minimum Gasteiger partial charge on any atom is -0.481 e. The van der Waals surface area contributed by atoms with E-state index in [1.807, 2.05) is 0 Å². The van der Waals surface area contributed by atoms with E-state index < -0.39 is 29.5 Å². The number of alkyl halides is 3. The first-order valence-corrected chi connectivity index (χ1v) is 8.01. The van der Waals surface area contributed by atoms with Gasteiger partial charge in [0.05, 0.1) is 12.5 Å². The minimum absolute atomic E-state index is 0.0359. The topological polar surface area (TPSA) is 77.8 Å². The van der Waals surface area contributed by atoms with Crippen molar-refractivity contribution < 1.29 is 37.3 Å². The van der Waals surface area contributed by atoms with Crippen LogP contribution in [0.25, 0.3) is 0 Å². The third-order valence-corrected chi connectivity index (χ3v) is 4.45. The van der Waals surface area contributed by atoms with Crippen LogP contribution in [0.4, 0.5) is 13.2 Å². The number of Topliss-reactive ketones (excluding diaryl/α,β-unsaturated/α-hetero) is 1. The molecular formula is C18H16F3NO5. The Bertz CT molecular complexity index is 916. The van der Waals surface area contributed by atoms with E-state index in [9.17, 15) is 27.9 Å². The number of ketones is 1. The molecule has 2 aromatic rings. The third kappa shape index (κ3) is 3.49. The number of carbonyl (C=O) groups excluding carboxylic acids is 1. The van der Waals surface area contributed by atoms with Gasteiger partial charge in [-0.2, -0.15) is 13.2 Å². The number of aliphatic carboxylic acids is 1. The molecular weight excluding hydrogens is 367 g/mol. The monoisotopic (exact) mass is 383 g/mol. The Morgan fingerprint density at radius 2 is 1.85 bits per heavy atom. The summed E-state index contributed by atoms with van der Waals surface area (Å²) in [5.74, 6) is -2.16. The highest BCUT2D eigenvalue weighted by Gasteiger charge is 2.41. The summed E-state index contributed by atoms with van der Waals surface area (Å²) in [4.78, 5) is 23.1. The van der Waals surface area contributed by atoms with E-state index in [2.05, 4.69) is 0 Å². The van der Waals surface area contributed by atoms with Crippen molar-refractivity contribution >= 4 is 11.8 Å². The molecule has 0 saturated heterocycles. The van der Waals surface area contributed by atoms with E-state index in [0.29, 0.717) is 22.8 Å². The summed E-state index contributed by atoms with van der Waals surface area (Å²) in [7, 11) is 0. The number of ether oxygens (including phenoxy) is 2. The molecule has 1 unspecified atom stereocenters. The Morgan fingerprint density at radius 3 is 2.48 bits per heavy atom. The Kier molecular flexibility index (Phi) is 4.63. The molecule has 0 radical (unpaired) electrons. The lowest BCUT2D eigenvalue weighted by Gasteiger charge is -2.22. The van der Waals surface area contributed by atoms with Gasteiger partial charge >= 0.3 is 12.1 Å². The van der Waals surface area contributed by atoms with Crippen molar-refractivity contribution in [1.29, 1.82) is 0 Å². The van der Waals surface area contributed by atoms with E-state index in [1.54, 1.807) is 18.2 Å². The van der Waals surface area contributed by atoms with Crippen molar-refractivity contribution in [3.63, 3.8) is 0 Å². The summed E-state index contributed by atoms with van der Waals surface area (Å²) < 4.78 is 50.5. The van der Waals surface area contributed by atoms with Crippen molar-refractivity contribution in [3.8, 4) is 11.5 Å². The van der Waals surface area contributed by atoms with Gasteiger partial charge in [-0.05, 0) is 37.6 Å². The highest BCUT2D eigenvalue weighted by Crippen LogP contribution is 2.37. The smallest absolute Gasteiger partial charge is 0.454 e. The fourth-order valence-electron chi connectivity index (χ4n) is 3.28. The predicted octanol–water partition coefficient (Wildman–Crippen LogP) is 3.64. The second-order valence-electron chi connectivity index (χ2n) is 6.21. The highest BCUT2D eigenvalue weighted by molar-refractivity contribution is 6.01. The number of hydrogen-bond donors (Lipinski definition) is 1. The van der Waals surface area contributed by atoms with Crippen molar-refractivity contribution in [3.05, 3.63) is 46.8 Å². The lowest BCUT2D eigenvalue weighted by atomic mass is 10.0. The van der Waals surface area contributed by atoms with Gasteiger partial charge in [0.15, 0.2) is 11.5 Å². The van der Waals surface area contributed by atoms with E-state index in [1.165, 1.54) is 18.4 Å². The highest BCUT2D eigenvalue weighted by atomic mass is 19.4. The summed E-state index contributed by atoms with van der Waals surface area (Å²) >= 11 is 0. The number of fused-ring (bicyclic) bond motifs is 1. The first kappa shape index (κ1) is 18.8. The molecule has 0 saturated carbocycles. The van der Waals surface area contributed by atoms with Gasteiger partial charge in [0.25, 0.3) is 5.78 Å². The molecule has 3 rings (SSSR count). The van der Waals surface area contributed by atoms with Crippen LogP contribution in [0.15, 0.2) is 24.3 Å². The summed E-state index contributed by atoms with van der Waals surface area (Å²) in [5, 5.41) is 9.31. The molecule has 1 aromatic heterocycles. The van der Waals surface area contributed by atoms with Crippen LogP contribution in [0.3, 0.4) is 0 Å². The Morgan fingerprint density at radius 1 is 1.19 bits per heavy atom. The van der Waals surface area contributed by atoms with Crippen molar-refractivity contribution in [2.45, 2.75) is 32.5 Å². The summed E-state index contributed by atoms with van der Waals surface area (Å²) in [5.41, 5.74) is 0.438. The van der Waals surface area contributed by atoms with Crippen molar-refractivity contribution in [2.75, 3.05) is 6.79 Å². The van der Waals surface area contributed by atoms with Gasteiger partial charge in [-0.1, -0.05) is 6.07 Å². The van der Waals surface area contributed by atoms with Crippen LogP contribution in [0.1, 0.15) is 39.8 Å². The molecule has 0 aliphatic carbocycles. The largest absolute Gasteiger partial charge is 0.481 e. The molecule has 1 aliphatic rings. The normalized spacial score (nSPS) is 14.3. The van der Waals surface area contributed by atoms with Crippen LogP contribution < -0.4 is 9.47 Å². The molecule has 0 bridgehead atoms.